The summed E-state index contributed by atoms with van der Waals surface area (Å²) < 4.78 is 15.6. The fraction of sp³-hybridized carbons (Fsp3) is 0.438. The summed E-state index contributed by atoms with van der Waals surface area (Å²) in [5.41, 5.74) is 2.40. The Morgan fingerprint density at radius 2 is 2.17 bits per heavy atom. The highest BCUT2D eigenvalue weighted by molar-refractivity contribution is 7.85. The van der Waals surface area contributed by atoms with Gasteiger partial charge in [0.2, 0.25) is 11.2 Å². The van der Waals surface area contributed by atoms with Crippen LogP contribution in [0.4, 0.5) is 5.69 Å². The SMILES string of the molecule is CC1(C2C=C(c3ccc(O)c(N4CC(=O)NS4=O)c3Cl)CN2)CC1. The lowest BCUT2D eigenvalue weighted by Gasteiger charge is -2.19. The second-order valence-electron chi connectivity index (χ2n) is 6.81. The van der Waals surface area contributed by atoms with E-state index in [0.717, 1.165) is 11.1 Å². The Labute approximate surface area is 147 Å². The van der Waals surface area contributed by atoms with Gasteiger partial charge in [0.15, 0.2) is 0 Å². The van der Waals surface area contributed by atoms with Crippen LogP contribution in [0.3, 0.4) is 0 Å². The second-order valence-corrected chi connectivity index (χ2v) is 8.33. The zero-order valence-electron chi connectivity index (χ0n) is 13.1. The first kappa shape index (κ1) is 15.9. The maximum Gasteiger partial charge on any atom is 0.253 e. The quantitative estimate of drug-likeness (QED) is 0.759. The number of phenols is 1. The fourth-order valence-electron chi connectivity index (χ4n) is 3.26. The molecule has 2 aliphatic heterocycles. The lowest BCUT2D eigenvalue weighted by atomic mass is 9.98. The Hall–Kier alpha value is -1.57. The van der Waals surface area contributed by atoms with E-state index in [1.54, 1.807) is 6.07 Å². The van der Waals surface area contributed by atoms with E-state index in [-0.39, 0.29) is 23.9 Å². The molecule has 2 unspecified atom stereocenters. The van der Waals surface area contributed by atoms with Crippen molar-refractivity contribution in [1.29, 1.82) is 0 Å². The Bertz CT molecular complexity index is 791. The molecule has 3 aliphatic rings. The number of benzene rings is 1. The summed E-state index contributed by atoms with van der Waals surface area (Å²) in [6, 6.07) is 3.62. The van der Waals surface area contributed by atoms with E-state index in [1.807, 2.05) is 0 Å². The molecule has 128 valence electrons. The van der Waals surface area contributed by atoms with Crippen LogP contribution in [0.5, 0.6) is 5.75 Å². The van der Waals surface area contributed by atoms with Crippen LogP contribution in [0.2, 0.25) is 5.02 Å². The van der Waals surface area contributed by atoms with Gasteiger partial charge < -0.3 is 10.4 Å². The molecule has 1 amide bonds. The molecule has 0 bridgehead atoms. The van der Waals surface area contributed by atoms with Crippen LogP contribution in [0.15, 0.2) is 18.2 Å². The van der Waals surface area contributed by atoms with Crippen LogP contribution in [0.25, 0.3) is 5.57 Å². The second kappa shape index (κ2) is 5.47. The minimum absolute atomic E-state index is 0.0918. The van der Waals surface area contributed by atoms with E-state index in [2.05, 4.69) is 23.0 Å². The van der Waals surface area contributed by atoms with Gasteiger partial charge in [-0.2, -0.15) is 0 Å². The Morgan fingerprint density at radius 3 is 2.79 bits per heavy atom. The van der Waals surface area contributed by atoms with E-state index in [0.29, 0.717) is 23.0 Å². The zero-order valence-corrected chi connectivity index (χ0v) is 14.7. The Morgan fingerprint density at radius 1 is 1.42 bits per heavy atom. The van der Waals surface area contributed by atoms with Crippen LogP contribution < -0.4 is 14.3 Å². The summed E-state index contributed by atoms with van der Waals surface area (Å²) in [6.07, 6.45) is 4.62. The molecular weight excluding hydrogens is 350 g/mol. The molecule has 1 aromatic carbocycles. The van der Waals surface area contributed by atoms with Gasteiger partial charge in [0.25, 0.3) is 5.91 Å². The smallest absolute Gasteiger partial charge is 0.253 e. The molecule has 0 aromatic heterocycles. The van der Waals surface area contributed by atoms with Crippen molar-refractivity contribution in [2.24, 2.45) is 5.41 Å². The van der Waals surface area contributed by atoms with Gasteiger partial charge in [0.05, 0.1) is 5.02 Å². The number of nitrogens with zero attached hydrogens (tertiary/aromatic N) is 1. The summed E-state index contributed by atoms with van der Waals surface area (Å²) in [7, 11) is 0. The van der Waals surface area contributed by atoms with Crippen molar-refractivity contribution in [2.45, 2.75) is 25.8 Å². The number of carbonyl (C=O) groups is 1. The van der Waals surface area contributed by atoms with Gasteiger partial charge in [0, 0.05) is 12.6 Å². The standard InChI is InChI=1S/C16H18ClN3O3S/c1-16(4-5-16)12-6-9(7-18-12)10-2-3-11(21)15(14(10)17)20-8-13(22)19-24(20)23/h2-3,6,12,18,21H,4-5,7-8H2,1H3,(H,19,22). The van der Waals surface area contributed by atoms with Crippen molar-refractivity contribution in [3.05, 3.63) is 28.8 Å². The van der Waals surface area contributed by atoms with Gasteiger partial charge in [-0.1, -0.05) is 24.6 Å². The number of amides is 1. The van der Waals surface area contributed by atoms with Gasteiger partial charge in [-0.15, -0.1) is 0 Å². The Kier molecular flexibility index (Phi) is 3.63. The molecule has 2 fully saturated rings. The molecule has 0 spiro atoms. The van der Waals surface area contributed by atoms with Crippen LogP contribution in [0.1, 0.15) is 25.3 Å². The normalized spacial score (nSPS) is 28.0. The molecule has 2 heterocycles. The number of phenolic OH excluding ortho intramolecular Hbond substituents is 1. The van der Waals surface area contributed by atoms with Crippen molar-refractivity contribution in [2.75, 3.05) is 17.4 Å². The predicted octanol–water partition coefficient (Wildman–Crippen LogP) is 1.72. The van der Waals surface area contributed by atoms with E-state index in [9.17, 15) is 14.1 Å². The van der Waals surface area contributed by atoms with E-state index in [4.69, 9.17) is 11.6 Å². The Balaban J connectivity index is 1.72. The molecular formula is C16H18ClN3O3S. The van der Waals surface area contributed by atoms with E-state index < -0.39 is 11.2 Å². The van der Waals surface area contributed by atoms with Crippen molar-refractivity contribution in [1.82, 2.24) is 10.0 Å². The van der Waals surface area contributed by atoms with E-state index in [1.165, 1.54) is 23.2 Å². The topological polar surface area (TPSA) is 81.7 Å². The number of halogens is 1. The van der Waals surface area contributed by atoms with Crippen molar-refractivity contribution < 1.29 is 14.1 Å². The van der Waals surface area contributed by atoms with Crippen LogP contribution in [0, 0.1) is 5.41 Å². The van der Waals surface area contributed by atoms with Crippen LogP contribution in [-0.4, -0.2) is 34.4 Å². The highest BCUT2D eigenvalue weighted by atomic mass is 35.5. The lowest BCUT2D eigenvalue weighted by Crippen LogP contribution is -2.30. The number of aromatic hydroxyl groups is 1. The first-order valence-electron chi connectivity index (χ1n) is 7.84. The molecule has 0 radical (unpaired) electrons. The van der Waals surface area contributed by atoms with Crippen molar-refractivity contribution in [3.63, 3.8) is 0 Å². The van der Waals surface area contributed by atoms with Gasteiger partial charge in [-0.05, 0) is 41.5 Å². The molecule has 3 N–H and O–H groups in total. The van der Waals surface area contributed by atoms with Gasteiger partial charge >= 0.3 is 0 Å². The highest BCUT2D eigenvalue weighted by Crippen LogP contribution is 2.50. The summed E-state index contributed by atoms with van der Waals surface area (Å²) in [6.45, 7) is 2.87. The first-order chi connectivity index (χ1) is 11.4. The number of hydrogen-bond donors (Lipinski definition) is 3. The molecule has 1 aromatic rings. The lowest BCUT2D eigenvalue weighted by molar-refractivity contribution is -0.117. The third-order valence-corrected chi connectivity index (χ3v) is 6.55. The molecule has 8 heteroatoms. The summed E-state index contributed by atoms with van der Waals surface area (Å²) in [4.78, 5) is 11.5. The molecule has 6 nitrogen and oxygen atoms in total. The zero-order chi connectivity index (χ0) is 17.1. The molecule has 1 aliphatic carbocycles. The van der Waals surface area contributed by atoms with Crippen LogP contribution >= 0.6 is 11.6 Å². The number of hydrogen-bond acceptors (Lipinski definition) is 4. The minimum atomic E-state index is -1.73. The summed E-state index contributed by atoms with van der Waals surface area (Å²) in [5, 5.41) is 14.0. The number of anilines is 1. The highest BCUT2D eigenvalue weighted by Gasteiger charge is 2.45. The fourth-order valence-corrected chi connectivity index (χ4v) is 4.64. The minimum Gasteiger partial charge on any atom is -0.506 e. The number of carbonyl (C=O) groups excluding carboxylic acids is 1. The van der Waals surface area contributed by atoms with Crippen molar-refractivity contribution >= 4 is 39.9 Å². The molecule has 2 atom stereocenters. The number of nitrogens with one attached hydrogen (secondary N) is 2. The molecule has 1 saturated heterocycles. The average Bonchev–Trinajstić information content (AvgIpc) is 2.95. The third-order valence-electron chi connectivity index (χ3n) is 5.05. The molecule has 1 saturated carbocycles. The molecule has 24 heavy (non-hydrogen) atoms. The average molecular weight is 368 g/mol. The maximum atomic E-state index is 12.0. The number of rotatable bonds is 3. The third kappa shape index (κ3) is 2.51. The van der Waals surface area contributed by atoms with Gasteiger partial charge in [0.1, 0.15) is 18.0 Å². The van der Waals surface area contributed by atoms with Gasteiger partial charge in [-0.3, -0.25) is 13.8 Å². The largest absolute Gasteiger partial charge is 0.506 e. The summed E-state index contributed by atoms with van der Waals surface area (Å²) >= 11 is 4.79. The van der Waals surface area contributed by atoms with Gasteiger partial charge in [-0.25, -0.2) is 4.21 Å². The monoisotopic (exact) mass is 367 g/mol. The van der Waals surface area contributed by atoms with E-state index >= 15 is 0 Å². The maximum absolute atomic E-state index is 12.0. The predicted molar refractivity (Wildman–Crippen MR) is 93.9 cm³/mol. The summed E-state index contributed by atoms with van der Waals surface area (Å²) in [5.74, 6) is -0.455. The molecule has 4 rings (SSSR count). The van der Waals surface area contributed by atoms with Crippen molar-refractivity contribution in [3.8, 4) is 5.75 Å². The first-order valence-corrected chi connectivity index (χ1v) is 9.32. The van der Waals surface area contributed by atoms with Crippen LogP contribution in [-0.2, 0) is 16.0 Å².